The lowest BCUT2D eigenvalue weighted by molar-refractivity contribution is -0.149. The zero-order valence-electron chi connectivity index (χ0n) is 8.86. The van der Waals surface area contributed by atoms with Gasteiger partial charge in [-0.15, -0.1) is 0 Å². The lowest BCUT2D eigenvalue weighted by atomic mass is 10.0. The summed E-state index contributed by atoms with van der Waals surface area (Å²) in [6, 6.07) is -0.520. The van der Waals surface area contributed by atoms with Crippen LogP contribution in [-0.2, 0) is 9.59 Å². The molecule has 1 N–H and O–H groups in total. The number of carboxylic acids is 1. The summed E-state index contributed by atoms with van der Waals surface area (Å²) in [5.41, 5.74) is 0. The van der Waals surface area contributed by atoms with Crippen molar-refractivity contribution < 1.29 is 14.7 Å². The van der Waals surface area contributed by atoms with E-state index in [4.69, 9.17) is 5.11 Å². The molecule has 0 saturated carbocycles. The Kier molecular flexibility index (Phi) is 3.13. The van der Waals surface area contributed by atoms with Crippen molar-refractivity contribution in [1.82, 2.24) is 4.90 Å². The fourth-order valence-electron chi connectivity index (χ4n) is 2.19. The Balaban J connectivity index is 2.85. The number of likely N-dealkylation sites (tertiary alicyclic amines) is 1. The first-order valence-electron chi connectivity index (χ1n) is 4.97. The number of hydrogen-bond acceptors (Lipinski definition) is 2. The lowest BCUT2D eigenvalue weighted by Gasteiger charge is -2.29. The van der Waals surface area contributed by atoms with Crippen LogP contribution in [0.5, 0.6) is 0 Å². The van der Waals surface area contributed by atoms with Crippen LogP contribution in [-0.4, -0.2) is 34.0 Å². The van der Waals surface area contributed by atoms with E-state index in [0.717, 1.165) is 6.42 Å². The number of carbonyl (C=O) groups excluding carboxylic acids is 1. The van der Waals surface area contributed by atoms with Crippen molar-refractivity contribution >= 4 is 11.9 Å². The van der Waals surface area contributed by atoms with Gasteiger partial charge in [-0.1, -0.05) is 13.8 Å². The van der Waals surface area contributed by atoms with Crippen LogP contribution in [0.3, 0.4) is 0 Å². The molecule has 1 heterocycles. The Morgan fingerprint density at radius 3 is 2.29 bits per heavy atom. The molecule has 0 bridgehead atoms. The van der Waals surface area contributed by atoms with Crippen LogP contribution in [0.2, 0.25) is 0 Å². The summed E-state index contributed by atoms with van der Waals surface area (Å²) in [5.74, 6) is -0.694. The minimum Gasteiger partial charge on any atom is -0.480 e. The van der Waals surface area contributed by atoms with Crippen molar-refractivity contribution in [2.75, 3.05) is 0 Å². The van der Waals surface area contributed by atoms with E-state index in [1.54, 1.807) is 0 Å². The van der Waals surface area contributed by atoms with Gasteiger partial charge < -0.3 is 10.0 Å². The van der Waals surface area contributed by atoms with Crippen molar-refractivity contribution in [3.05, 3.63) is 0 Å². The topological polar surface area (TPSA) is 57.6 Å². The molecule has 0 radical (unpaired) electrons. The zero-order chi connectivity index (χ0) is 10.9. The van der Waals surface area contributed by atoms with Gasteiger partial charge in [0.25, 0.3) is 0 Å². The third kappa shape index (κ3) is 1.89. The molecule has 80 valence electrons. The average Bonchev–Trinajstić information content (AvgIpc) is 2.46. The standard InChI is InChI=1S/C10H17NO3/c1-6(2)8-4-5-9(10(13)14)11(8)7(3)12/h6,8-9H,4-5H2,1-3H3,(H,13,14)/t8-,9-/m0/s1. The van der Waals surface area contributed by atoms with E-state index in [1.165, 1.54) is 11.8 Å². The highest BCUT2D eigenvalue weighted by molar-refractivity contribution is 5.83. The first-order chi connectivity index (χ1) is 6.45. The van der Waals surface area contributed by atoms with Gasteiger partial charge in [0.1, 0.15) is 6.04 Å². The van der Waals surface area contributed by atoms with Crippen molar-refractivity contribution in [2.45, 2.75) is 45.7 Å². The summed E-state index contributed by atoms with van der Waals surface area (Å²) in [7, 11) is 0. The molecule has 1 aliphatic rings. The van der Waals surface area contributed by atoms with Crippen LogP contribution in [0, 0.1) is 5.92 Å². The van der Waals surface area contributed by atoms with Crippen LogP contribution >= 0.6 is 0 Å². The van der Waals surface area contributed by atoms with Crippen LogP contribution < -0.4 is 0 Å². The zero-order valence-corrected chi connectivity index (χ0v) is 8.86. The maximum absolute atomic E-state index is 11.3. The van der Waals surface area contributed by atoms with E-state index in [-0.39, 0.29) is 11.9 Å². The molecule has 4 heteroatoms. The minimum atomic E-state index is -0.886. The summed E-state index contributed by atoms with van der Waals surface area (Å²) in [5, 5.41) is 8.94. The summed E-state index contributed by atoms with van der Waals surface area (Å²) in [6.07, 6.45) is 1.38. The molecule has 4 nitrogen and oxygen atoms in total. The van der Waals surface area contributed by atoms with Crippen molar-refractivity contribution in [1.29, 1.82) is 0 Å². The Morgan fingerprint density at radius 1 is 1.36 bits per heavy atom. The van der Waals surface area contributed by atoms with Gasteiger partial charge in [-0.05, 0) is 18.8 Å². The maximum Gasteiger partial charge on any atom is 0.326 e. The Hall–Kier alpha value is -1.06. The van der Waals surface area contributed by atoms with Gasteiger partial charge in [-0.2, -0.15) is 0 Å². The second-order valence-corrected chi connectivity index (χ2v) is 4.17. The number of aliphatic carboxylic acids is 1. The summed E-state index contributed by atoms with van der Waals surface area (Å²) < 4.78 is 0. The monoisotopic (exact) mass is 199 g/mol. The number of nitrogens with zero attached hydrogens (tertiary/aromatic N) is 1. The SMILES string of the molecule is CC(=O)N1[C@H](C(=O)O)CC[C@H]1C(C)C. The molecule has 14 heavy (non-hydrogen) atoms. The van der Waals surface area contributed by atoms with Gasteiger partial charge in [-0.25, -0.2) is 4.79 Å². The second-order valence-electron chi connectivity index (χ2n) is 4.17. The van der Waals surface area contributed by atoms with Crippen LogP contribution in [0.15, 0.2) is 0 Å². The number of carboxylic acid groups (broad SMARTS) is 1. The Morgan fingerprint density at radius 2 is 1.93 bits per heavy atom. The molecule has 1 fully saturated rings. The highest BCUT2D eigenvalue weighted by Crippen LogP contribution is 2.29. The second kappa shape index (κ2) is 3.98. The van der Waals surface area contributed by atoms with Crippen LogP contribution in [0.25, 0.3) is 0 Å². The molecule has 0 aliphatic carbocycles. The van der Waals surface area contributed by atoms with Gasteiger partial charge in [-0.3, -0.25) is 4.79 Å². The smallest absolute Gasteiger partial charge is 0.326 e. The first-order valence-corrected chi connectivity index (χ1v) is 4.97. The third-order valence-corrected chi connectivity index (χ3v) is 2.85. The Bertz CT molecular complexity index is 250. The molecule has 0 aromatic heterocycles. The normalized spacial score (nSPS) is 27.0. The van der Waals surface area contributed by atoms with Gasteiger partial charge in [0.15, 0.2) is 0 Å². The van der Waals surface area contributed by atoms with E-state index in [0.29, 0.717) is 12.3 Å². The fourth-order valence-corrected chi connectivity index (χ4v) is 2.19. The molecular formula is C10H17NO3. The molecule has 1 rings (SSSR count). The highest BCUT2D eigenvalue weighted by atomic mass is 16.4. The van der Waals surface area contributed by atoms with Gasteiger partial charge in [0, 0.05) is 13.0 Å². The predicted molar refractivity (Wildman–Crippen MR) is 51.8 cm³/mol. The van der Waals surface area contributed by atoms with Crippen LogP contribution in [0.4, 0.5) is 0 Å². The van der Waals surface area contributed by atoms with Gasteiger partial charge in [0.05, 0.1) is 0 Å². The number of carbonyl (C=O) groups is 2. The van der Waals surface area contributed by atoms with Crippen LogP contribution in [0.1, 0.15) is 33.6 Å². The summed E-state index contributed by atoms with van der Waals surface area (Å²) in [4.78, 5) is 23.7. The molecule has 0 unspecified atom stereocenters. The fraction of sp³-hybridized carbons (Fsp3) is 0.800. The summed E-state index contributed by atoms with van der Waals surface area (Å²) >= 11 is 0. The first kappa shape index (κ1) is 11.0. The van der Waals surface area contributed by atoms with E-state index in [2.05, 4.69) is 0 Å². The molecule has 0 spiro atoms. The third-order valence-electron chi connectivity index (χ3n) is 2.85. The quantitative estimate of drug-likeness (QED) is 0.724. The summed E-state index contributed by atoms with van der Waals surface area (Å²) in [6.45, 7) is 5.48. The average molecular weight is 199 g/mol. The van der Waals surface area contributed by atoms with Gasteiger partial charge >= 0.3 is 5.97 Å². The maximum atomic E-state index is 11.3. The van der Waals surface area contributed by atoms with E-state index >= 15 is 0 Å². The number of rotatable bonds is 2. The molecule has 0 aromatic carbocycles. The molecular weight excluding hydrogens is 182 g/mol. The molecule has 0 aromatic rings. The molecule has 1 amide bonds. The predicted octanol–water partition coefficient (Wildman–Crippen LogP) is 1.11. The van der Waals surface area contributed by atoms with E-state index in [1.807, 2.05) is 13.8 Å². The lowest BCUT2D eigenvalue weighted by Crippen LogP contribution is -2.45. The van der Waals surface area contributed by atoms with Crippen molar-refractivity contribution in [3.8, 4) is 0 Å². The highest BCUT2D eigenvalue weighted by Gasteiger charge is 2.40. The van der Waals surface area contributed by atoms with E-state index < -0.39 is 12.0 Å². The molecule has 1 aliphatic heterocycles. The minimum absolute atomic E-state index is 0.0913. The molecule has 2 atom stereocenters. The molecule has 1 saturated heterocycles. The number of amides is 1. The van der Waals surface area contributed by atoms with E-state index in [9.17, 15) is 9.59 Å². The largest absolute Gasteiger partial charge is 0.480 e. The van der Waals surface area contributed by atoms with Gasteiger partial charge in [0.2, 0.25) is 5.91 Å². The Labute approximate surface area is 83.9 Å². The number of hydrogen-bond donors (Lipinski definition) is 1. The van der Waals surface area contributed by atoms with Crippen molar-refractivity contribution in [3.63, 3.8) is 0 Å². The van der Waals surface area contributed by atoms with Crippen molar-refractivity contribution in [2.24, 2.45) is 5.92 Å².